The van der Waals surface area contributed by atoms with Crippen molar-refractivity contribution in [3.8, 4) is 0 Å². The molecular weight excluding hydrogens is 462 g/mol. The van der Waals surface area contributed by atoms with Gasteiger partial charge in [-0.2, -0.15) is 4.37 Å². The SMILES string of the molecule is O=C(/C=C/c1ccc([N+](=O)[O-])cc1)N1CCCN(c2nc(Cc3ccc(Cl)cc3)ns2)CC1. The third-order valence-corrected chi connectivity index (χ3v) is 6.40. The summed E-state index contributed by atoms with van der Waals surface area (Å²) in [6.07, 6.45) is 4.69. The van der Waals surface area contributed by atoms with Crippen LogP contribution in [-0.4, -0.2) is 51.3 Å². The van der Waals surface area contributed by atoms with Crippen molar-refractivity contribution < 1.29 is 9.72 Å². The molecule has 1 aliphatic heterocycles. The topological polar surface area (TPSA) is 92.5 Å². The van der Waals surface area contributed by atoms with Gasteiger partial charge in [0, 0.05) is 67.4 Å². The first-order valence-electron chi connectivity index (χ1n) is 10.5. The molecular formula is C23H22ClN5O3S. The van der Waals surface area contributed by atoms with Crippen molar-refractivity contribution in [2.24, 2.45) is 0 Å². The zero-order chi connectivity index (χ0) is 23.2. The van der Waals surface area contributed by atoms with E-state index in [1.165, 1.54) is 29.7 Å². The summed E-state index contributed by atoms with van der Waals surface area (Å²) in [6.45, 7) is 2.75. The number of carbonyl (C=O) groups excluding carboxylic acids is 1. The molecule has 1 fully saturated rings. The number of hydrogen-bond donors (Lipinski definition) is 0. The van der Waals surface area contributed by atoms with Crippen LogP contribution < -0.4 is 4.90 Å². The quantitative estimate of drug-likeness (QED) is 0.292. The first-order chi connectivity index (χ1) is 16.0. The van der Waals surface area contributed by atoms with Crippen LogP contribution in [0, 0.1) is 10.1 Å². The fourth-order valence-corrected chi connectivity index (χ4v) is 4.40. The first-order valence-corrected chi connectivity index (χ1v) is 11.7. The summed E-state index contributed by atoms with van der Waals surface area (Å²) in [6, 6.07) is 13.8. The van der Waals surface area contributed by atoms with E-state index in [-0.39, 0.29) is 11.6 Å². The van der Waals surface area contributed by atoms with E-state index in [0.29, 0.717) is 31.1 Å². The van der Waals surface area contributed by atoms with E-state index in [1.54, 1.807) is 18.2 Å². The average Bonchev–Trinajstić information content (AvgIpc) is 3.13. The third-order valence-electron chi connectivity index (χ3n) is 5.33. The standard InChI is InChI=1S/C23H22ClN5O3S/c24-19-7-2-18(3-8-19)16-21-25-23(33-26-21)28-13-1-12-27(14-15-28)22(30)11-6-17-4-9-20(10-5-17)29(31)32/h2-11H,1,12-16H2/b11-6+. The van der Waals surface area contributed by atoms with Gasteiger partial charge in [-0.3, -0.25) is 14.9 Å². The molecule has 0 bridgehead atoms. The minimum absolute atomic E-state index is 0.0269. The van der Waals surface area contributed by atoms with Gasteiger partial charge in [0.25, 0.3) is 5.69 Å². The maximum atomic E-state index is 12.7. The van der Waals surface area contributed by atoms with Gasteiger partial charge >= 0.3 is 0 Å². The summed E-state index contributed by atoms with van der Waals surface area (Å²) in [7, 11) is 0. The number of nitro groups is 1. The van der Waals surface area contributed by atoms with E-state index in [2.05, 4.69) is 9.27 Å². The predicted octanol–water partition coefficient (Wildman–Crippen LogP) is 4.44. The highest BCUT2D eigenvalue weighted by molar-refractivity contribution is 7.09. The van der Waals surface area contributed by atoms with Gasteiger partial charge < -0.3 is 9.80 Å². The van der Waals surface area contributed by atoms with Crippen LogP contribution in [-0.2, 0) is 11.2 Å². The van der Waals surface area contributed by atoms with Crippen LogP contribution in [0.5, 0.6) is 0 Å². The Morgan fingerprint density at radius 3 is 2.58 bits per heavy atom. The predicted molar refractivity (Wildman–Crippen MR) is 130 cm³/mol. The minimum Gasteiger partial charge on any atom is -0.345 e. The van der Waals surface area contributed by atoms with E-state index in [0.717, 1.165) is 35.0 Å². The molecule has 4 rings (SSSR count). The molecule has 3 aromatic rings. The summed E-state index contributed by atoms with van der Waals surface area (Å²) in [5.41, 5.74) is 1.88. The molecule has 1 aliphatic rings. The molecule has 0 unspecified atom stereocenters. The van der Waals surface area contributed by atoms with Gasteiger partial charge in [0.2, 0.25) is 11.0 Å². The Kier molecular flexibility index (Phi) is 7.31. The number of hydrogen-bond acceptors (Lipinski definition) is 7. The van der Waals surface area contributed by atoms with E-state index in [9.17, 15) is 14.9 Å². The summed E-state index contributed by atoms with van der Waals surface area (Å²) >= 11 is 7.33. The maximum absolute atomic E-state index is 12.7. The normalized spacial score (nSPS) is 14.5. The molecule has 0 saturated carbocycles. The smallest absolute Gasteiger partial charge is 0.269 e. The molecule has 1 saturated heterocycles. The number of non-ortho nitro benzene ring substituents is 1. The second-order valence-electron chi connectivity index (χ2n) is 7.64. The van der Waals surface area contributed by atoms with E-state index in [4.69, 9.17) is 16.6 Å². The van der Waals surface area contributed by atoms with Crippen molar-refractivity contribution in [3.05, 3.63) is 86.7 Å². The second-order valence-corrected chi connectivity index (χ2v) is 8.81. The van der Waals surface area contributed by atoms with Crippen molar-refractivity contribution in [2.45, 2.75) is 12.8 Å². The molecule has 0 N–H and O–H groups in total. The molecule has 2 heterocycles. The number of carbonyl (C=O) groups is 1. The van der Waals surface area contributed by atoms with Crippen molar-refractivity contribution in [2.75, 3.05) is 31.1 Å². The number of rotatable bonds is 6. The fourth-order valence-electron chi connectivity index (χ4n) is 3.54. The number of halogens is 1. The maximum Gasteiger partial charge on any atom is 0.269 e. The van der Waals surface area contributed by atoms with Crippen molar-refractivity contribution >= 4 is 45.9 Å². The Hall–Kier alpha value is -3.30. The summed E-state index contributed by atoms with van der Waals surface area (Å²) in [5.74, 6) is 0.705. The van der Waals surface area contributed by atoms with Gasteiger partial charge in [-0.15, -0.1) is 0 Å². The Balaban J connectivity index is 1.32. The summed E-state index contributed by atoms with van der Waals surface area (Å²) in [5, 5.41) is 12.3. The number of benzene rings is 2. The molecule has 33 heavy (non-hydrogen) atoms. The Morgan fingerprint density at radius 1 is 1.09 bits per heavy atom. The lowest BCUT2D eigenvalue weighted by molar-refractivity contribution is -0.384. The third kappa shape index (κ3) is 6.15. The van der Waals surface area contributed by atoms with Gasteiger partial charge in [-0.25, -0.2) is 4.98 Å². The highest BCUT2D eigenvalue weighted by Crippen LogP contribution is 2.21. The number of aromatic nitrogens is 2. The Bertz CT molecular complexity index is 1150. The van der Waals surface area contributed by atoms with Gasteiger partial charge in [0.15, 0.2) is 0 Å². The van der Waals surface area contributed by atoms with E-state index < -0.39 is 4.92 Å². The Labute approximate surface area is 200 Å². The highest BCUT2D eigenvalue weighted by Gasteiger charge is 2.20. The van der Waals surface area contributed by atoms with Gasteiger partial charge in [0.05, 0.1) is 4.92 Å². The fraction of sp³-hybridized carbons (Fsp3) is 0.261. The first kappa shape index (κ1) is 22.9. The lowest BCUT2D eigenvalue weighted by atomic mass is 10.1. The molecule has 10 heteroatoms. The zero-order valence-electron chi connectivity index (χ0n) is 17.8. The Morgan fingerprint density at radius 2 is 1.85 bits per heavy atom. The largest absolute Gasteiger partial charge is 0.345 e. The van der Waals surface area contributed by atoms with Crippen LogP contribution in [0.25, 0.3) is 6.08 Å². The van der Waals surface area contributed by atoms with Crippen molar-refractivity contribution in [1.82, 2.24) is 14.3 Å². The molecule has 2 aromatic carbocycles. The zero-order valence-corrected chi connectivity index (χ0v) is 19.3. The molecule has 0 spiro atoms. The van der Waals surface area contributed by atoms with Crippen LogP contribution in [0.2, 0.25) is 5.02 Å². The average molecular weight is 484 g/mol. The molecule has 0 aliphatic carbocycles. The molecule has 170 valence electrons. The van der Waals surface area contributed by atoms with Crippen LogP contribution in [0.3, 0.4) is 0 Å². The summed E-state index contributed by atoms with van der Waals surface area (Å²) < 4.78 is 4.50. The van der Waals surface area contributed by atoms with Crippen molar-refractivity contribution in [1.29, 1.82) is 0 Å². The van der Waals surface area contributed by atoms with Crippen LogP contribution in [0.15, 0.2) is 54.6 Å². The highest BCUT2D eigenvalue weighted by atomic mass is 35.5. The van der Waals surface area contributed by atoms with Crippen LogP contribution in [0.1, 0.15) is 23.4 Å². The number of nitro benzene ring substituents is 1. The number of anilines is 1. The van der Waals surface area contributed by atoms with Crippen LogP contribution >= 0.6 is 23.1 Å². The van der Waals surface area contributed by atoms with Gasteiger partial charge in [-0.1, -0.05) is 23.7 Å². The lowest BCUT2D eigenvalue weighted by Gasteiger charge is -2.20. The van der Waals surface area contributed by atoms with Crippen molar-refractivity contribution in [3.63, 3.8) is 0 Å². The molecule has 8 nitrogen and oxygen atoms in total. The molecule has 1 amide bonds. The second kappa shape index (κ2) is 10.5. The molecule has 1 aromatic heterocycles. The van der Waals surface area contributed by atoms with E-state index >= 15 is 0 Å². The lowest BCUT2D eigenvalue weighted by Crippen LogP contribution is -2.34. The number of nitrogens with zero attached hydrogens (tertiary/aromatic N) is 5. The minimum atomic E-state index is -0.444. The summed E-state index contributed by atoms with van der Waals surface area (Å²) in [4.78, 5) is 31.6. The monoisotopic (exact) mass is 483 g/mol. The number of amides is 1. The molecule has 0 atom stereocenters. The van der Waals surface area contributed by atoms with Gasteiger partial charge in [0.1, 0.15) is 5.82 Å². The van der Waals surface area contributed by atoms with Crippen LogP contribution in [0.4, 0.5) is 10.8 Å². The molecule has 0 radical (unpaired) electrons. The van der Waals surface area contributed by atoms with Gasteiger partial charge in [-0.05, 0) is 47.9 Å². The van der Waals surface area contributed by atoms with E-state index in [1.807, 2.05) is 29.2 Å².